The molecule has 15 heteroatoms. The Bertz CT molecular complexity index is 1610. The number of piperazine rings is 1. The number of benzene rings is 2. The van der Waals surface area contributed by atoms with E-state index < -0.39 is 65.1 Å². The number of carbonyl (C=O) groups is 3. The summed E-state index contributed by atoms with van der Waals surface area (Å²) in [4.78, 5) is 44.1. The lowest BCUT2D eigenvalue weighted by Crippen LogP contribution is -2.56. The summed E-state index contributed by atoms with van der Waals surface area (Å²) >= 11 is 0. The largest absolute Gasteiger partial charge is 0.487 e. The van der Waals surface area contributed by atoms with E-state index >= 15 is 0 Å². The number of nitrogens with one attached hydrogen (secondary N) is 1. The van der Waals surface area contributed by atoms with Crippen molar-refractivity contribution < 1.29 is 50.6 Å². The van der Waals surface area contributed by atoms with Gasteiger partial charge in [0.25, 0.3) is 11.5 Å². The first kappa shape index (κ1) is 35.3. The fourth-order valence-corrected chi connectivity index (χ4v) is 6.78. The minimum atomic E-state index is -6.01. The van der Waals surface area contributed by atoms with E-state index in [1.54, 1.807) is 37.8 Å². The van der Waals surface area contributed by atoms with E-state index in [1.165, 1.54) is 4.90 Å². The number of rotatable bonds is 7. The zero-order valence-electron chi connectivity index (χ0n) is 27.2. The first-order valence-corrected chi connectivity index (χ1v) is 15.6. The van der Waals surface area contributed by atoms with Gasteiger partial charge in [-0.1, -0.05) is 31.5 Å². The highest BCUT2D eigenvalue weighted by Crippen LogP contribution is 2.50. The van der Waals surface area contributed by atoms with E-state index in [1.807, 2.05) is 19.9 Å². The van der Waals surface area contributed by atoms with Crippen LogP contribution in [0.5, 0.6) is 5.75 Å². The highest BCUT2D eigenvalue weighted by Gasteiger charge is 2.71. The van der Waals surface area contributed by atoms with Crippen LogP contribution >= 0.6 is 0 Å². The van der Waals surface area contributed by atoms with Crippen LogP contribution in [0.25, 0.3) is 0 Å². The topological polar surface area (TPSA) is 102 Å². The number of nitrogens with zero attached hydrogens (tertiary/aromatic N) is 3. The van der Waals surface area contributed by atoms with Crippen molar-refractivity contribution in [1.29, 1.82) is 0 Å². The number of amides is 4. The normalized spacial score (nSPS) is 22.9. The third-order valence-corrected chi connectivity index (χ3v) is 9.34. The summed E-state index contributed by atoms with van der Waals surface area (Å²) in [5.74, 6) is -0.387. The van der Waals surface area contributed by atoms with Gasteiger partial charge in [0.1, 0.15) is 23.4 Å². The van der Waals surface area contributed by atoms with Gasteiger partial charge < -0.3 is 25.0 Å². The molecule has 0 aliphatic carbocycles. The molecule has 2 N–H and O–H groups in total. The van der Waals surface area contributed by atoms with Crippen molar-refractivity contribution in [3.05, 3.63) is 58.7 Å². The molecule has 0 saturated carbocycles. The van der Waals surface area contributed by atoms with Gasteiger partial charge >= 0.3 is 18.4 Å². The standard InChI is InChI=1S/C33H38F6N4O5/c1-6-7-20-14-23(31(47,32(34,35)36)33(37,38)39)8-10-24(20)42-13-12-41(17-19(42)2)26(44)18-43-27(45)30(5,40-28(43)46)22-9-11-25-21(15-22)16-29(3,4)48-25/h8-11,14-15,19,47H,6-7,12-13,16-18H2,1-5H3,(H,40,46)/t19-,30?/m0/s1. The first-order valence-electron chi connectivity index (χ1n) is 15.6. The van der Waals surface area contributed by atoms with E-state index in [0.29, 0.717) is 35.9 Å². The maximum Gasteiger partial charge on any atom is 0.430 e. The molecule has 1 unspecified atom stereocenters. The van der Waals surface area contributed by atoms with Crippen molar-refractivity contribution in [2.24, 2.45) is 0 Å². The van der Waals surface area contributed by atoms with E-state index in [2.05, 4.69) is 5.32 Å². The van der Waals surface area contributed by atoms with Gasteiger partial charge in [-0.15, -0.1) is 0 Å². The van der Waals surface area contributed by atoms with Crippen LogP contribution in [0.15, 0.2) is 36.4 Å². The molecule has 3 aliphatic rings. The fraction of sp³-hybridized carbons (Fsp3) is 0.545. The highest BCUT2D eigenvalue weighted by atomic mass is 19.4. The van der Waals surface area contributed by atoms with Crippen molar-refractivity contribution in [1.82, 2.24) is 15.1 Å². The average molecular weight is 685 g/mol. The zero-order valence-corrected chi connectivity index (χ0v) is 27.2. The summed E-state index contributed by atoms with van der Waals surface area (Å²) in [7, 11) is 0. The van der Waals surface area contributed by atoms with Gasteiger partial charge in [-0.05, 0) is 69.0 Å². The van der Waals surface area contributed by atoms with Crippen molar-refractivity contribution >= 4 is 23.5 Å². The Morgan fingerprint density at radius 1 is 1.02 bits per heavy atom. The number of fused-ring (bicyclic) bond motifs is 1. The summed E-state index contributed by atoms with van der Waals surface area (Å²) < 4.78 is 87.3. The SMILES string of the molecule is CCCc1cc(C(O)(C(F)(F)F)C(F)(F)F)ccc1N1CCN(C(=O)CN2C(=O)NC(C)(c3ccc4c(c3)CC(C)(C)O4)C2=O)C[C@@H]1C. The molecule has 4 amide bonds. The molecule has 2 saturated heterocycles. The molecular formula is C33H38F6N4O5. The molecule has 0 spiro atoms. The highest BCUT2D eigenvalue weighted by molar-refractivity contribution is 6.09. The number of ether oxygens (including phenoxy) is 1. The molecule has 2 aromatic carbocycles. The van der Waals surface area contributed by atoms with E-state index in [4.69, 9.17) is 4.74 Å². The Morgan fingerprint density at radius 2 is 1.69 bits per heavy atom. The quantitative estimate of drug-likeness (QED) is 0.309. The molecule has 2 atom stereocenters. The molecule has 0 radical (unpaired) electrons. The summed E-state index contributed by atoms with van der Waals surface area (Å²) in [6, 6.07) is 6.64. The summed E-state index contributed by atoms with van der Waals surface area (Å²) in [6.45, 7) is 8.82. The van der Waals surface area contributed by atoms with Gasteiger partial charge in [0, 0.05) is 43.3 Å². The Labute approximate surface area is 273 Å². The van der Waals surface area contributed by atoms with Crippen LogP contribution in [0.3, 0.4) is 0 Å². The fourth-order valence-electron chi connectivity index (χ4n) is 6.78. The number of hydrogen-bond acceptors (Lipinski definition) is 6. The molecule has 3 aliphatic heterocycles. The maximum atomic E-state index is 13.6. The van der Waals surface area contributed by atoms with Crippen molar-refractivity contribution in [3.63, 3.8) is 0 Å². The van der Waals surface area contributed by atoms with Crippen LogP contribution in [0, 0.1) is 0 Å². The molecule has 5 rings (SSSR count). The summed E-state index contributed by atoms with van der Waals surface area (Å²) in [6.07, 6.45) is -10.8. The minimum Gasteiger partial charge on any atom is -0.487 e. The summed E-state index contributed by atoms with van der Waals surface area (Å²) in [5.41, 5.74) is -6.15. The smallest absolute Gasteiger partial charge is 0.430 e. The molecule has 2 aromatic rings. The van der Waals surface area contributed by atoms with Crippen LogP contribution in [-0.4, -0.2) is 82.9 Å². The van der Waals surface area contributed by atoms with Crippen molar-refractivity contribution in [3.8, 4) is 5.75 Å². The Balaban J connectivity index is 1.30. The number of halogens is 6. The molecule has 9 nitrogen and oxygen atoms in total. The van der Waals surface area contributed by atoms with E-state index in [9.17, 15) is 45.8 Å². The molecule has 262 valence electrons. The Kier molecular flexibility index (Phi) is 8.71. The number of carbonyl (C=O) groups excluding carboxylic acids is 3. The minimum absolute atomic E-state index is 0.114. The van der Waals surface area contributed by atoms with E-state index in [-0.39, 0.29) is 31.6 Å². The number of alkyl halides is 6. The molecule has 0 aromatic heterocycles. The monoisotopic (exact) mass is 684 g/mol. The predicted octanol–water partition coefficient (Wildman–Crippen LogP) is 5.17. The number of imide groups is 1. The second-order valence-electron chi connectivity index (χ2n) is 13.5. The third-order valence-electron chi connectivity index (χ3n) is 9.34. The maximum absolute atomic E-state index is 13.6. The molecule has 0 bridgehead atoms. The van der Waals surface area contributed by atoms with Gasteiger partial charge in [-0.3, -0.25) is 14.5 Å². The third kappa shape index (κ3) is 5.94. The Morgan fingerprint density at radius 3 is 2.29 bits per heavy atom. The molecular weight excluding hydrogens is 646 g/mol. The molecule has 3 heterocycles. The average Bonchev–Trinajstić information content (AvgIpc) is 3.41. The number of aliphatic hydroxyl groups is 1. The van der Waals surface area contributed by atoms with Crippen LogP contribution < -0.4 is 15.0 Å². The lowest BCUT2D eigenvalue weighted by atomic mass is 9.89. The van der Waals surface area contributed by atoms with Crippen molar-refractivity contribution in [2.45, 2.75) is 89.0 Å². The van der Waals surface area contributed by atoms with Gasteiger partial charge in [-0.2, -0.15) is 26.3 Å². The van der Waals surface area contributed by atoms with Crippen LogP contribution in [0.1, 0.15) is 63.3 Å². The van der Waals surface area contributed by atoms with Crippen LogP contribution in [0.2, 0.25) is 0 Å². The molecule has 2 fully saturated rings. The summed E-state index contributed by atoms with van der Waals surface area (Å²) in [5, 5.41) is 12.7. The van der Waals surface area contributed by atoms with Crippen LogP contribution in [0.4, 0.5) is 36.8 Å². The van der Waals surface area contributed by atoms with E-state index in [0.717, 1.165) is 22.6 Å². The lowest BCUT2D eigenvalue weighted by molar-refractivity contribution is -0.376. The second-order valence-corrected chi connectivity index (χ2v) is 13.5. The van der Waals surface area contributed by atoms with Gasteiger partial charge in [-0.25, -0.2) is 4.79 Å². The number of urea groups is 1. The second kappa shape index (κ2) is 11.8. The van der Waals surface area contributed by atoms with Gasteiger partial charge in [0.15, 0.2) is 0 Å². The number of anilines is 1. The van der Waals surface area contributed by atoms with Crippen molar-refractivity contribution in [2.75, 3.05) is 31.1 Å². The number of hydrogen-bond donors (Lipinski definition) is 2. The zero-order chi connectivity index (χ0) is 35.6. The van der Waals surface area contributed by atoms with Gasteiger partial charge in [0.05, 0.1) is 0 Å². The predicted molar refractivity (Wildman–Crippen MR) is 162 cm³/mol. The number of aryl methyl sites for hydroxylation is 1. The first-order chi connectivity index (χ1) is 22.1. The lowest BCUT2D eigenvalue weighted by Gasteiger charge is -2.42. The van der Waals surface area contributed by atoms with Gasteiger partial charge in [0.2, 0.25) is 5.91 Å². The molecule has 48 heavy (non-hydrogen) atoms. The van der Waals surface area contributed by atoms with Crippen LogP contribution in [-0.2, 0) is 33.6 Å². The Hall–Kier alpha value is -4.01.